The number of hydrogen-bond donors (Lipinski definition) is 2. The molecule has 1 aromatic heterocycles. The van der Waals surface area contributed by atoms with Crippen molar-refractivity contribution >= 4 is 52.2 Å². The summed E-state index contributed by atoms with van der Waals surface area (Å²) in [4.78, 5) is 28.7. The second-order valence-electron chi connectivity index (χ2n) is 6.97. The molecule has 0 spiro atoms. The highest BCUT2D eigenvalue weighted by atomic mass is 35.5. The van der Waals surface area contributed by atoms with Crippen LogP contribution in [0.4, 0.5) is 5.69 Å². The molecule has 0 aliphatic carbocycles. The third-order valence-electron chi connectivity index (χ3n) is 4.62. The van der Waals surface area contributed by atoms with Gasteiger partial charge in [0.05, 0.1) is 21.2 Å². The van der Waals surface area contributed by atoms with Crippen LogP contribution in [-0.2, 0) is 4.79 Å². The number of furan rings is 1. The third kappa shape index (κ3) is 4.57. The summed E-state index contributed by atoms with van der Waals surface area (Å²) in [6, 6.07) is 14.0. The quantitative estimate of drug-likeness (QED) is 0.487. The average molecular weight is 453 g/mol. The predicted molar refractivity (Wildman–Crippen MR) is 123 cm³/mol. The van der Waals surface area contributed by atoms with Crippen LogP contribution in [0.3, 0.4) is 0 Å². The highest BCUT2D eigenvalue weighted by molar-refractivity contribution is 8.18. The molecule has 0 saturated carbocycles. The van der Waals surface area contributed by atoms with Crippen LogP contribution < -0.4 is 5.32 Å². The normalized spacial score (nSPS) is 16.2. The van der Waals surface area contributed by atoms with Crippen LogP contribution in [0.5, 0.6) is 0 Å². The number of halogens is 1. The second-order valence-corrected chi connectivity index (χ2v) is 8.41. The van der Waals surface area contributed by atoms with Gasteiger partial charge in [0.2, 0.25) is 0 Å². The zero-order valence-electron chi connectivity index (χ0n) is 16.6. The molecule has 0 atom stereocenters. The van der Waals surface area contributed by atoms with E-state index in [1.165, 1.54) is 23.9 Å². The zero-order chi connectivity index (χ0) is 22.1. The second kappa shape index (κ2) is 8.45. The Balaban J connectivity index is 1.58. The summed E-state index contributed by atoms with van der Waals surface area (Å²) >= 11 is 7.16. The largest absolute Gasteiger partial charge is 0.478 e. The number of carboxylic acids is 1. The summed E-state index contributed by atoms with van der Waals surface area (Å²) < 4.78 is 5.80. The van der Waals surface area contributed by atoms with Gasteiger partial charge in [-0.2, -0.15) is 0 Å². The minimum absolute atomic E-state index is 0.00602. The maximum absolute atomic E-state index is 12.4. The van der Waals surface area contributed by atoms with Crippen LogP contribution in [0.1, 0.15) is 27.2 Å². The number of carbonyl (C=O) groups excluding carboxylic acids is 1. The van der Waals surface area contributed by atoms with Gasteiger partial charge in [0.25, 0.3) is 5.91 Å². The first kappa shape index (κ1) is 21.0. The van der Waals surface area contributed by atoms with Crippen LogP contribution in [-0.4, -0.2) is 22.2 Å². The SMILES string of the molecule is Cc1ccc(C)c(N=C2NC(=O)/C(=C/c3ccc(-c4ccc(Cl)c(C(=O)O)c4)o3)S2)c1. The lowest BCUT2D eigenvalue weighted by Gasteiger charge is -2.02. The molecule has 0 unspecified atom stereocenters. The lowest BCUT2D eigenvalue weighted by molar-refractivity contribution is -0.115. The van der Waals surface area contributed by atoms with Gasteiger partial charge in [0.15, 0.2) is 5.17 Å². The van der Waals surface area contributed by atoms with Crippen molar-refractivity contribution in [2.75, 3.05) is 0 Å². The van der Waals surface area contributed by atoms with Crippen LogP contribution in [0.2, 0.25) is 5.02 Å². The minimum Gasteiger partial charge on any atom is -0.478 e. The van der Waals surface area contributed by atoms with E-state index in [9.17, 15) is 14.7 Å². The summed E-state index contributed by atoms with van der Waals surface area (Å²) in [5.41, 5.74) is 3.48. The predicted octanol–water partition coefficient (Wildman–Crippen LogP) is 5.81. The van der Waals surface area contributed by atoms with E-state index in [-0.39, 0.29) is 16.5 Å². The Labute approximate surface area is 187 Å². The molecule has 1 aliphatic rings. The van der Waals surface area contributed by atoms with E-state index < -0.39 is 5.97 Å². The van der Waals surface area contributed by atoms with Gasteiger partial charge >= 0.3 is 5.97 Å². The number of nitrogens with zero attached hydrogens (tertiary/aromatic N) is 1. The Hall–Kier alpha value is -3.29. The van der Waals surface area contributed by atoms with Crippen molar-refractivity contribution in [3.8, 4) is 11.3 Å². The molecular weight excluding hydrogens is 436 g/mol. The van der Waals surface area contributed by atoms with E-state index in [1.807, 2.05) is 32.0 Å². The maximum atomic E-state index is 12.4. The molecule has 2 heterocycles. The molecule has 3 aromatic rings. The fourth-order valence-electron chi connectivity index (χ4n) is 2.99. The Bertz CT molecular complexity index is 1280. The van der Waals surface area contributed by atoms with Gasteiger partial charge in [-0.25, -0.2) is 9.79 Å². The number of amidine groups is 1. The Kier molecular flexibility index (Phi) is 5.71. The van der Waals surface area contributed by atoms with Crippen LogP contribution in [0, 0.1) is 13.8 Å². The van der Waals surface area contributed by atoms with Gasteiger partial charge in [-0.15, -0.1) is 0 Å². The summed E-state index contributed by atoms with van der Waals surface area (Å²) in [5, 5.41) is 12.7. The first-order chi connectivity index (χ1) is 14.8. The van der Waals surface area contributed by atoms with Crippen LogP contribution >= 0.6 is 23.4 Å². The summed E-state index contributed by atoms with van der Waals surface area (Å²) in [7, 11) is 0. The number of thioether (sulfide) groups is 1. The number of aliphatic imine (C=N–C) groups is 1. The molecule has 1 amide bonds. The number of aromatic carboxylic acids is 1. The molecule has 6 nitrogen and oxygen atoms in total. The van der Waals surface area contributed by atoms with Gasteiger partial charge in [0, 0.05) is 11.6 Å². The molecule has 1 fully saturated rings. The maximum Gasteiger partial charge on any atom is 0.337 e. The smallest absolute Gasteiger partial charge is 0.337 e. The molecule has 31 heavy (non-hydrogen) atoms. The summed E-state index contributed by atoms with van der Waals surface area (Å²) in [5.74, 6) is -0.437. The van der Waals surface area contributed by atoms with E-state index >= 15 is 0 Å². The molecule has 2 N–H and O–H groups in total. The fourth-order valence-corrected chi connectivity index (χ4v) is 4.00. The molecule has 4 rings (SSSR count). The van der Waals surface area contributed by atoms with Crippen molar-refractivity contribution in [3.63, 3.8) is 0 Å². The molecule has 0 radical (unpaired) electrons. The van der Waals surface area contributed by atoms with Crippen molar-refractivity contribution in [2.24, 2.45) is 4.99 Å². The monoisotopic (exact) mass is 452 g/mol. The summed E-state index contributed by atoms with van der Waals surface area (Å²) in [6.45, 7) is 3.96. The third-order valence-corrected chi connectivity index (χ3v) is 5.86. The molecule has 8 heteroatoms. The first-order valence-electron chi connectivity index (χ1n) is 9.30. The van der Waals surface area contributed by atoms with Crippen LogP contribution in [0.25, 0.3) is 17.4 Å². The molecule has 156 valence electrons. The number of amides is 1. The van der Waals surface area contributed by atoms with Gasteiger partial charge in [-0.05, 0) is 73.1 Å². The lowest BCUT2D eigenvalue weighted by Crippen LogP contribution is -2.19. The average Bonchev–Trinajstić information content (AvgIpc) is 3.32. The van der Waals surface area contributed by atoms with Gasteiger partial charge in [-0.3, -0.25) is 4.79 Å². The van der Waals surface area contributed by atoms with E-state index in [2.05, 4.69) is 10.3 Å². The number of rotatable bonds is 4. The Morgan fingerprint density at radius 2 is 1.97 bits per heavy atom. The van der Waals surface area contributed by atoms with Crippen molar-refractivity contribution in [2.45, 2.75) is 13.8 Å². The van der Waals surface area contributed by atoms with Gasteiger partial charge in [-0.1, -0.05) is 23.7 Å². The van der Waals surface area contributed by atoms with E-state index in [4.69, 9.17) is 16.0 Å². The van der Waals surface area contributed by atoms with E-state index in [0.29, 0.717) is 27.2 Å². The fraction of sp³-hybridized carbons (Fsp3) is 0.0870. The molecule has 1 aliphatic heterocycles. The van der Waals surface area contributed by atoms with Crippen molar-refractivity contribution in [1.29, 1.82) is 0 Å². The number of nitrogens with one attached hydrogen (secondary N) is 1. The highest BCUT2D eigenvalue weighted by Gasteiger charge is 2.24. The standard InChI is InChI=1S/C23H17ClN2O4S/c1-12-3-4-13(2)18(9-12)25-23-26-21(27)20(31-23)11-15-6-8-19(30-15)14-5-7-17(24)16(10-14)22(28)29/h3-11H,1-2H3,(H,28,29)(H,25,26,27)/b20-11-. The highest BCUT2D eigenvalue weighted by Crippen LogP contribution is 2.32. The number of aryl methyl sites for hydroxylation is 2. The van der Waals surface area contributed by atoms with Crippen molar-refractivity contribution < 1.29 is 19.1 Å². The van der Waals surface area contributed by atoms with Crippen molar-refractivity contribution in [1.82, 2.24) is 5.32 Å². The lowest BCUT2D eigenvalue weighted by atomic mass is 10.1. The minimum atomic E-state index is -1.12. The molecular formula is C23H17ClN2O4S. The van der Waals surface area contributed by atoms with E-state index in [0.717, 1.165) is 16.8 Å². The zero-order valence-corrected chi connectivity index (χ0v) is 18.2. The molecule has 1 saturated heterocycles. The Morgan fingerprint density at radius 1 is 1.16 bits per heavy atom. The van der Waals surface area contributed by atoms with Crippen molar-refractivity contribution in [3.05, 3.63) is 80.9 Å². The van der Waals surface area contributed by atoms with Gasteiger partial charge in [0.1, 0.15) is 11.5 Å². The topological polar surface area (TPSA) is 91.9 Å². The number of hydrogen-bond acceptors (Lipinski definition) is 5. The van der Waals surface area contributed by atoms with Gasteiger partial charge < -0.3 is 14.8 Å². The Morgan fingerprint density at radius 3 is 2.74 bits per heavy atom. The van der Waals surface area contributed by atoms with Crippen LogP contribution in [0.15, 0.2) is 62.8 Å². The first-order valence-corrected chi connectivity index (χ1v) is 10.5. The number of carboxylic acid groups (broad SMARTS) is 1. The molecule has 0 bridgehead atoms. The number of carbonyl (C=O) groups is 2. The summed E-state index contributed by atoms with van der Waals surface area (Å²) in [6.07, 6.45) is 1.63. The number of benzene rings is 2. The van der Waals surface area contributed by atoms with E-state index in [1.54, 1.807) is 24.3 Å². The molecule has 2 aromatic carbocycles.